The van der Waals surface area contributed by atoms with Gasteiger partial charge in [0.15, 0.2) is 0 Å². The van der Waals surface area contributed by atoms with E-state index < -0.39 is 12.0 Å². The molecule has 0 fully saturated rings. The maximum absolute atomic E-state index is 12.2. The number of hydrogen-bond donors (Lipinski definition) is 1. The summed E-state index contributed by atoms with van der Waals surface area (Å²) in [6.45, 7) is 0. The van der Waals surface area contributed by atoms with Crippen LogP contribution in [0.3, 0.4) is 0 Å². The van der Waals surface area contributed by atoms with E-state index in [4.69, 9.17) is 9.47 Å². The molecule has 0 aliphatic rings. The number of esters is 1. The average molecular weight is 327 g/mol. The number of ether oxygens (including phenoxy) is 2. The van der Waals surface area contributed by atoms with Gasteiger partial charge in [-0.15, -0.1) is 0 Å². The van der Waals surface area contributed by atoms with Crippen LogP contribution in [0.25, 0.3) is 0 Å². The Morgan fingerprint density at radius 2 is 1.62 bits per heavy atom. The summed E-state index contributed by atoms with van der Waals surface area (Å²) in [6.07, 6.45) is 0.578. The Balaban J connectivity index is 1.99. The van der Waals surface area contributed by atoms with Gasteiger partial charge in [0.2, 0.25) is 5.91 Å². The highest BCUT2D eigenvalue weighted by atomic mass is 16.5. The third kappa shape index (κ3) is 5.12. The Labute approximate surface area is 141 Å². The van der Waals surface area contributed by atoms with E-state index >= 15 is 0 Å². The number of amides is 1. The molecule has 0 saturated carbocycles. The first-order valence-corrected chi connectivity index (χ1v) is 7.66. The fourth-order valence-corrected chi connectivity index (χ4v) is 2.36. The predicted molar refractivity (Wildman–Crippen MR) is 90.8 cm³/mol. The van der Waals surface area contributed by atoms with Crippen molar-refractivity contribution in [2.75, 3.05) is 14.2 Å². The molecule has 0 bridgehead atoms. The van der Waals surface area contributed by atoms with Crippen molar-refractivity contribution in [2.24, 2.45) is 0 Å². The van der Waals surface area contributed by atoms with E-state index in [-0.39, 0.29) is 12.3 Å². The van der Waals surface area contributed by atoms with Gasteiger partial charge in [-0.2, -0.15) is 0 Å². The van der Waals surface area contributed by atoms with E-state index in [1.165, 1.54) is 7.11 Å². The number of benzene rings is 2. The third-order valence-electron chi connectivity index (χ3n) is 3.63. The summed E-state index contributed by atoms with van der Waals surface area (Å²) in [5.41, 5.74) is 1.80. The molecule has 0 aromatic heterocycles. The van der Waals surface area contributed by atoms with Crippen LogP contribution in [0.4, 0.5) is 0 Å². The Kier molecular flexibility index (Phi) is 6.37. The summed E-state index contributed by atoms with van der Waals surface area (Å²) in [7, 11) is 2.90. The minimum atomic E-state index is -0.705. The molecule has 24 heavy (non-hydrogen) atoms. The fourth-order valence-electron chi connectivity index (χ4n) is 2.36. The normalized spacial score (nSPS) is 11.4. The van der Waals surface area contributed by atoms with Crippen LogP contribution in [0.1, 0.15) is 11.1 Å². The molecule has 2 aromatic rings. The van der Waals surface area contributed by atoms with Crippen LogP contribution >= 0.6 is 0 Å². The zero-order valence-electron chi connectivity index (χ0n) is 13.8. The average Bonchev–Trinajstić information content (AvgIpc) is 2.62. The second kappa shape index (κ2) is 8.72. The van der Waals surface area contributed by atoms with Gasteiger partial charge in [0, 0.05) is 6.42 Å². The monoisotopic (exact) mass is 327 g/mol. The maximum Gasteiger partial charge on any atom is 0.328 e. The van der Waals surface area contributed by atoms with Crippen LogP contribution in [0.2, 0.25) is 0 Å². The molecule has 0 radical (unpaired) electrons. The van der Waals surface area contributed by atoms with Crippen molar-refractivity contribution in [1.29, 1.82) is 0 Å². The molecule has 0 heterocycles. The van der Waals surface area contributed by atoms with Crippen molar-refractivity contribution < 1.29 is 19.1 Å². The number of carbonyl (C=O) groups excluding carboxylic acids is 2. The van der Waals surface area contributed by atoms with E-state index in [1.54, 1.807) is 19.2 Å². The molecule has 2 aromatic carbocycles. The highest BCUT2D eigenvalue weighted by Gasteiger charge is 2.21. The van der Waals surface area contributed by atoms with E-state index in [2.05, 4.69) is 5.32 Å². The van der Waals surface area contributed by atoms with Gasteiger partial charge in [-0.3, -0.25) is 4.79 Å². The lowest BCUT2D eigenvalue weighted by Crippen LogP contribution is -2.43. The van der Waals surface area contributed by atoms with Crippen LogP contribution in [0.15, 0.2) is 54.6 Å². The molecule has 1 N–H and O–H groups in total. The van der Waals surface area contributed by atoms with E-state index in [9.17, 15) is 9.59 Å². The molecule has 0 spiro atoms. The standard InChI is InChI=1S/C19H21NO4/c1-23-16-10-8-15(9-11-16)13-18(21)20-17(19(22)24-2)12-14-6-4-3-5-7-14/h3-11,17H,12-13H2,1-2H3,(H,20,21). The highest BCUT2D eigenvalue weighted by molar-refractivity contribution is 5.85. The van der Waals surface area contributed by atoms with Gasteiger partial charge in [-0.05, 0) is 23.3 Å². The Hall–Kier alpha value is -2.82. The molecule has 1 atom stereocenters. The van der Waals surface area contributed by atoms with Crippen LogP contribution in [0, 0.1) is 0 Å². The minimum Gasteiger partial charge on any atom is -0.497 e. The van der Waals surface area contributed by atoms with Crippen LogP contribution < -0.4 is 10.1 Å². The molecule has 1 unspecified atom stereocenters. The number of nitrogens with one attached hydrogen (secondary N) is 1. The molecule has 0 aliphatic carbocycles. The fraction of sp³-hybridized carbons (Fsp3) is 0.263. The first-order chi connectivity index (χ1) is 11.6. The first kappa shape index (κ1) is 17.5. The molecule has 0 aliphatic heterocycles. The summed E-state index contributed by atoms with van der Waals surface area (Å²) >= 11 is 0. The molecule has 5 heteroatoms. The number of hydrogen-bond acceptors (Lipinski definition) is 4. The summed E-state index contributed by atoms with van der Waals surface area (Å²) in [5.74, 6) is 0.0455. The van der Waals surface area contributed by atoms with Crippen molar-refractivity contribution in [2.45, 2.75) is 18.9 Å². The van der Waals surface area contributed by atoms with E-state index in [1.807, 2.05) is 42.5 Å². The summed E-state index contributed by atoms with van der Waals surface area (Å²) in [5, 5.41) is 2.75. The molecule has 126 valence electrons. The maximum atomic E-state index is 12.2. The third-order valence-corrected chi connectivity index (χ3v) is 3.63. The topological polar surface area (TPSA) is 64.6 Å². The molecule has 2 rings (SSSR count). The van der Waals surface area contributed by atoms with Crippen molar-refractivity contribution in [3.05, 3.63) is 65.7 Å². The quantitative estimate of drug-likeness (QED) is 0.791. The van der Waals surface area contributed by atoms with Crippen molar-refractivity contribution in [1.82, 2.24) is 5.32 Å². The molecule has 0 saturated heterocycles. The second-order valence-corrected chi connectivity index (χ2v) is 5.36. The largest absolute Gasteiger partial charge is 0.497 e. The van der Waals surface area contributed by atoms with Crippen LogP contribution in [-0.2, 0) is 27.2 Å². The smallest absolute Gasteiger partial charge is 0.328 e. The lowest BCUT2D eigenvalue weighted by Gasteiger charge is -2.16. The Bertz CT molecular complexity index is 668. The molecular weight excluding hydrogens is 306 g/mol. The molecular formula is C19H21NO4. The van der Waals surface area contributed by atoms with Gasteiger partial charge >= 0.3 is 5.97 Å². The molecule has 1 amide bonds. The van der Waals surface area contributed by atoms with Gasteiger partial charge in [0.25, 0.3) is 0 Å². The van der Waals surface area contributed by atoms with E-state index in [0.29, 0.717) is 6.42 Å². The summed E-state index contributed by atoms with van der Waals surface area (Å²) in [4.78, 5) is 24.2. The number of rotatable bonds is 7. The highest BCUT2D eigenvalue weighted by Crippen LogP contribution is 2.12. The Morgan fingerprint density at radius 1 is 0.958 bits per heavy atom. The Morgan fingerprint density at radius 3 is 2.21 bits per heavy atom. The minimum absolute atomic E-state index is 0.187. The van der Waals surface area contributed by atoms with Gasteiger partial charge in [-0.25, -0.2) is 4.79 Å². The van der Waals surface area contributed by atoms with Crippen LogP contribution in [-0.4, -0.2) is 32.1 Å². The number of carbonyl (C=O) groups is 2. The lowest BCUT2D eigenvalue weighted by molar-refractivity contribution is -0.145. The predicted octanol–water partition coefficient (Wildman–Crippen LogP) is 2.14. The zero-order chi connectivity index (χ0) is 17.4. The zero-order valence-corrected chi connectivity index (χ0v) is 13.8. The molecule has 5 nitrogen and oxygen atoms in total. The van der Waals surface area contributed by atoms with Crippen molar-refractivity contribution >= 4 is 11.9 Å². The lowest BCUT2D eigenvalue weighted by atomic mass is 10.1. The van der Waals surface area contributed by atoms with Gasteiger partial charge in [0.05, 0.1) is 20.6 Å². The second-order valence-electron chi connectivity index (χ2n) is 5.36. The van der Waals surface area contributed by atoms with Gasteiger partial charge in [-0.1, -0.05) is 42.5 Å². The van der Waals surface area contributed by atoms with Crippen molar-refractivity contribution in [3.8, 4) is 5.75 Å². The number of methoxy groups -OCH3 is 2. The summed E-state index contributed by atoms with van der Waals surface area (Å²) < 4.78 is 9.89. The van der Waals surface area contributed by atoms with Crippen LogP contribution in [0.5, 0.6) is 5.75 Å². The van der Waals surface area contributed by atoms with Crippen molar-refractivity contribution in [3.63, 3.8) is 0 Å². The SMILES string of the molecule is COC(=O)C(Cc1ccccc1)NC(=O)Cc1ccc(OC)cc1. The van der Waals surface area contributed by atoms with E-state index in [0.717, 1.165) is 16.9 Å². The van der Waals surface area contributed by atoms with Gasteiger partial charge < -0.3 is 14.8 Å². The van der Waals surface area contributed by atoms with Gasteiger partial charge in [0.1, 0.15) is 11.8 Å². The summed E-state index contributed by atoms with van der Waals surface area (Å²) in [6, 6.07) is 16.0. The first-order valence-electron chi connectivity index (χ1n) is 7.66.